The molecule has 0 atom stereocenters. The van der Waals surface area contributed by atoms with Gasteiger partial charge in [0, 0.05) is 15.4 Å². The maximum Gasteiger partial charge on any atom is 0.249 e. The van der Waals surface area contributed by atoms with Crippen LogP contribution in [0.1, 0.15) is 28.0 Å². The first-order chi connectivity index (χ1) is 10.7. The molecule has 110 valence electrons. The van der Waals surface area contributed by atoms with Gasteiger partial charge in [0.25, 0.3) is 0 Å². The van der Waals surface area contributed by atoms with Crippen LogP contribution >= 0.6 is 27.3 Å². The highest BCUT2D eigenvalue weighted by Crippen LogP contribution is 2.38. The third-order valence-electron chi connectivity index (χ3n) is 3.57. The molecular weight excluding hydrogens is 360 g/mol. The quantitative estimate of drug-likeness (QED) is 0.804. The number of nitrogens with zero attached hydrogens (tertiary/aromatic N) is 1. The van der Waals surface area contributed by atoms with Crippen molar-refractivity contribution in [3.8, 4) is 6.07 Å². The van der Waals surface area contributed by atoms with Gasteiger partial charge in [0.05, 0.1) is 5.56 Å². The molecule has 3 nitrogen and oxygen atoms in total. The van der Waals surface area contributed by atoms with E-state index in [1.54, 1.807) is 6.08 Å². The highest BCUT2D eigenvalue weighted by Gasteiger charge is 2.22. The average molecular weight is 373 g/mol. The number of carbonyl (C=O) groups is 1. The Bertz CT molecular complexity index is 784. The van der Waals surface area contributed by atoms with Crippen LogP contribution in [0.4, 0.5) is 5.00 Å². The van der Waals surface area contributed by atoms with Crippen LogP contribution in [0.25, 0.3) is 6.08 Å². The summed E-state index contributed by atoms with van der Waals surface area (Å²) in [5.41, 5.74) is 2.72. The Hall–Kier alpha value is -1.90. The Morgan fingerprint density at radius 2 is 2.09 bits per heavy atom. The van der Waals surface area contributed by atoms with Gasteiger partial charge < -0.3 is 5.32 Å². The second-order valence-electron chi connectivity index (χ2n) is 5.05. The minimum atomic E-state index is -0.209. The topological polar surface area (TPSA) is 52.9 Å². The first kappa shape index (κ1) is 15.0. The lowest BCUT2D eigenvalue weighted by Crippen LogP contribution is -2.07. The Morgan fingerprint density at radius 3 is 2.82 bits per heavy atom. The molecule has 1 heterocycles. The van der Waals surface area contributed by atoms with Crippen LogP contribution in [0.3, 0.4) is 0 Å². The van der Waals surface area contributed by atoms with Gasteiger partial charge in [0.15, 0.2) is 0 Å². The number of benzene rings is 1. The van der Waals surface area contributed by atoms with E-state index >= 15 is 0 Å². The van der Waals surface area contributed by atoms with Gasteiger partial charge in [-0.05, 0) is 48.6 Å². The summed E-state index contributed by atoms with van der Waals surface area (Å²) in [5, 5.41) is 12.8. The van der Waals surface area contributed by atoms with Gasteiger partial charge in [-0.15, -0.1) is 11.3 Å². The van der Waals surface area contributed by atoms with Crippen molar-refractivity contribution >= 4 is 44.3 Å². The molecule has 1 aromatic carbocycles. The average Bonchev–Trinajstić information content (AvgIpc) is 3.07. The fourth-order valence-electron chi connectivity index (χ4n) is 2.51. The zero-order valence-electron chi connectivity index (χ0n) is 11.7. The molecule has 0 spiro atoms. The summed E-state index contributed by atoms with van der Waals surface area (Å²) in [7, 11) is 0. The number of fused-ring (bicyclic) bond motifs is 1. The molecule has 3 rings (SSSR count). The fraction of sp³-hybridized carbons (Fsp3) is 0.176. The zero-order valence-corrected chi connectivity index (χ0v) is 14.1. The molecule has 2 aromatic rings. The van der Waals surface area contributed by atoms with E-state index in [0.29, 0.717) is 10.6 Å². The largest absolute Gasteiger partial charge is 0.313 e. The summed E-state index contributed by atoms with van der Waals surface area (Å²) in [4.78, 5) is 13.3. The van der Waals surface area contributed by atoms with Crippen molar-refractivity contribution in [3.05, 3.63) is 56.4 Å². The van der Waals surface area contributed by atoms with E-state index in [-0.39, 0.29) is 5.91 Å². The molecule has 0 fully saturated rings. The normalized spacial score (nSPS) is 13.1. The van der Waals surface area contributed by atoms with Crippen molar-refractivity contribution in [2.45, 2.75) is 19.3 Å². The molecule has 1 N–H and O–H groups in total. The van der Waals surface area contributed by atoms with Gasteiger partial charge in [-0.25, -0.2) is 0 Å². The van der Waals surface area contributed by atoms with Crippen molar-refractivity contribution < 1.29 is 4.79 Å². The number of aryl methyl sites for hydroxylation is 1. The lowest BCUT2D eigenvalue weighted by Gasteiger charge is -2.00. The number of thiophene rings is 1. The van der Waals surface area contributed by atoms with Crippen molar-refractivity contribution in [2.75, 3.05) is 5.32 Å². The summed E-state index contributed by atoms with van der Waals surface area (Å²) >= 11 is 4.90. The summed E-state index contributed by atoms with van der Waals surface area (Å²) < 4.78 is 1.00. The molecule has 5 heteroatoms. The maximum absolute atomic E-state index is 12.0. The Morgan fingerprint density at radius 1 is 1.32 bits per heavy atom. The highest BCUT2D eigenvalue weighted by molar-refractivity contribution is 9.10. The summed E-state index contributed by atoms with van der Waals surface area (Å²) in [6.45, 7) is 0. The Labute approximate surface area is 141 Å². The number of amides is 1. The van der Waals surface area contributed by atoms with Crippen LogP contribution in [0.5, 0.6) is 0 Å². The van der Waals surface area contributed by atoms with Crippen molar-refractivity contribution in [1.82, 2.24) is 0 Å². The van der Waals surface area contributed by atoms with E-state index in [1.165, 1.54) is 22.3 Å². The van der Waals surface area contributed by atoms with Crippen LogP contribution < -0.4 is 5.32 Å². The third kappa shape index (κ3) is 3.13. The molecule has 0 bridgehead atoms. The molecule has 0 aliphatic heterocycles. The van der Waals surface area contributed by atoms with E-state index in [9.17, 15) is 10.1 Å². The van der Waals surface area contributed by atoms with Gasteiger partial charge in [-0.1, -0.05) is 28.1 Å². The van der Waals surface area contributed by atoms with Gasteiger partial charge in [0.2, 0.25) is 5.91 Å². The molecule has 1 amide bonds. The van der Waals surface area contributed by atoms with Crippen molar-refractivity contribution in [1.29, 1.82) is 5.26 Å². The van der Waals surface area contributed by atoms with Crippen LogP contribution in [-0.2, 0) is 17.6 Å². The van der Waals surface area contributed by atoms with Gasteiger partial charge >= 0.3 is 0 Å². The number of nitrogens with one attached hydrogen (secondary N) is 1. The summed E-state index contributed by atoms with van der Waals surface area (Å²) in [5.74, 6) is -0.209. The van der Waals surface area contributed by atoms with E-state index in [1.807, 2.05) is 24.3 Å². The summed E-state index contributed by atoms with van der Waals surface area (Å²) in [6.07, 6.45) is 6.32. The molecular formula is C17H13BrN2OS. The maximum atomic E-state index is 12.0. The molecule has 0 unspecified atom stereocenters. The highest BCUT2D eigenvalue weighted by atomic mass is 79.9. The molecule has 0 radical (unpaired) electrons. The standard InChI is InChI=1S/C17H13BrN2OS/c18-12-7-4-11(5-8-12)6-9-16(21)20-17-14(10-19)13-2-1-3-15(13)22-17/h4-9H,1-3H2,(H,20,21)/b9-6+. The van der Waals surface area contributed by atoms with Gasteiger partial charge in [-0.2, -0.15) is 5.26 Å². The van der Waals surface area contributed by atoms with Crippen LogP contribution in [0, 0.1) is 11.3 Å². The number of halogens is 1. The van der Waals surface area contributed by atoms with Crippen LogP contribution in [-0.4, -0.2) is 5.91 Å². The van der Waals surface area contributed by atoms with E-state index in [2.05, 4.69) is 27.3 Å². The number of nitriles is 1. The minimum Gasteiger partial charge on any atom is -0.313 e. The SMILES string of the molecule is N#Cc1c(NC(=O)/C=C/c2ccc(Br)cc2)sc2c1CCC2. The first-order valence-corrected chi connectivity index (χ1v) is 8.57. The van der Waals surface area contributed by atoms with E-state index in [4.69, 9.17) is 0 Å². The minimum absolute atomic E-state index is 0.209. The second-order valence-corrected chi connectivity index (χ2v) is 7.07. The van der Waals surface area contributed by atoms with Crippen LogP contribution in [0.2, 0.25) is 0 Å². The second kappa shape index (κ2) is 6.47. The van der Waals surface area contributed by atoms with E-state index in [0.717, 1.165) is 34.9 Å². The lowest BCUT2D eigenvalue weighted by atomic mass is 10.1. The van der Waals surface area contributed by atoms with Crippen molar-refractivity contribution in [3.63, 3.8) is 0 Å². The third-order valence-corrected chi connectivity index (χ3v) is 5.30. The zero-order chi connectivity index (χ0) is 15.5. The molecule has 0 saturated heterocycles. The fourth-order valence-corrected chi connectivity index (χ4v) is 4.02. The number of hydrogen-bond donors (Lipinski definition) is 1. The number of rotatable bonds is 3. The number of hydrogen-bond acceptors (Lipinski definition) is 3. The van der Waals surface area contributed by atoms with Gasteiger partial charge in [-0.3, -0.25) is 4.79 Å². The van der Waals surface area contributed by atoms with Crippen LogP contribution in [0.15, 0.2) is 34.8 Å². The predicted octanol–water partition coefficient (Wildman–Crippen LogP) is 4.52. The monoisotopic (exact) mass is 372 g/mol. The number of carbonyl (C=O) groups excluding carboxylic acids is 1. The van der Waals surface area contributed by atoms with Crippen molar-refractivity contribution in [2.24, 2.45) is 0 Å². The molecule has 1 aliphatic carbocycles. The molecule has 22 heavy (non-hydrogen) atoms. The first-order valence-electron chi connectivity index (χ1n) is 6.96. The summed E-state index contributed by atoms with van der Waals surface area (Å²) in [6, 6.07) is 9.93. The number of anilines is 1. The Kier molecular flexibility index (Phi) is 4.41. The Balaban J connectivity index is 1.72. The van der Waals surface area contributed by atoms with E-state index < -0.39 is 0 Å². The smallest absolute Gasteiger partial charge is 0.249 e. The molecule has 0 saturated carbocycles. The van der Waals surface area contributed by atoms with Gasteiger partial charge in [0.1, 0.15) is 11.1 Å². The predicted molar refractivity (Wildman–Crippen MR) is 92.9 cm³/mol. The lowest BCUT2D eigenvalue weighted by molar-refractivity contribution is -0.111. The molecule has 1 aromatic heterocycles. The molecule has 1 aliphatic rings.